The Morgan fingerprint density at radius 3 is 0.806 bits per heavy atom. The van der Waals surface area contributed by atoms with Crippen molar-refractivity contribution in [2.24, 2.45) is 0 Å². The predicted octanol–water partition coefficient (Wildman–Crippen LogP) is 16.6. The van der Waals surface area contributed by atoms with E-state index in [1.165, 1.54) is 22.6 Å². The molecular formula is C58H68Au2P2+2. The van der Waals surface area contributed by atoms with Crippen molar-refractivity contribution in [1.29, 1.82) is 0 Å². The Labute approximate surface area is 408 Å². The van der Waals surface area contributed by atoms with Gasteiger partial charge in [0.25, 0.3) is 0 Å². The van der Waals surface area contributed by atoms with E-state index in [1.54, 1.807) is 141 Å². The summed E-state index contributed by atoms with van der Waals surface area (Å²) in [4.78, 5) is 0. The topological polar surface area (TPSA) is 0 Å². The second-order valence-electron chi connectivity index (χ2n) is 18.6. The van der Waals surface area contributed by atoms with E-state index in [0.29, 0.717) is 0 Å². The molecule has 6 aromatic rings. The van der Waals surface area contributed by atoms with Crippen molar-refractivity contribution >= 4 is 58.9 Å². The zero-order valence-corrected chi connectivity index (χ0v) is 43.2. The minimum absolute atomic E-state index is 0. The third-order valence-electron chi connectivity index (χ3n) is 15.0. The van der Waals surface area contributed by atoms with Crippen LogP contribution in [0.5, 0.6) is 0 Å². The molecule has 0 nitrogen and oxygen atoms in total. The van der Waals surface area contributed by atoms with Crippen LogP contribution in [0.15, 0.2) is 109 Å². The van der Waals surface area contributed by atoms with E-state index in [4.69, 9.17) is 12.8 Å². The second-order valence-corrected chi connectivity index (χ2v) is 25.2. The molecule has 4 saturated carbocycles. The molecule has 0 unspecified atom stereocenters. The molecule has 330 valence electrons. The molecule has 0 atom stereocenters. The van der Waals surface area contributed by atoms with Gasteiger partial charge in [0, 0.05) is 15.8 Å². The van der Waals surface area contributed by atoms with Crippen LogP contribution in [-0.2, 0) is 44.8 Å². The van der Waals surface area contributed by atoms with Crippen LogP contribution < -0.4 is 0 Å². The van der Waals surface area contributed by atoms with Crippen LogP contribution in [0.1, 0.15) is 140 Å². The van der Waals surface area contributed by atoms with Crippen LogP contribution in [0.3, 0.4) is 0 Å². The van der Waals surface area contributed by atoms with Crippen molar-refractivity contribution in [3.63, 3.8) is 0 Å². The first kappa shape index (κ1) is 49.3. The average Bonchev–Trinajstić information content (AvgIpc) is 3.33. The molecule has 0 amide bonds. The normalized spacial score (nSPS) is 17.9. The van der Waals surface area contributed by atoms with Crippen LogP contribution in [0.25, 0.3) is 43.1 Å². The molecule has 0 heterocycles. The fraction of sp³-hybridized carbons (Fsp3) is 0.448. The van der Waals surface area contributed by atoms with Crippen molar-refractivity contribution in [1.82, 2.24) is 0 Å². The maximum absolute atomic E-state index is 7.46. The second kappa shape index (κ2) is 25.5. The third-order valence-corrected chi connectivity index (χ3v) is 23.7. The zero-order valence-electron chi connectivity index (χ0n) is 36.9. The number of hydrogen-bond acceptors (Lipinski definition) is 0. The van der Waals surface area contributed by atoms with E-state index in [0.717, 1.165) is 54.2 Å². The zero-order chi connectivity index (χ0) is 40.9. The Morgan fingerprint density at radius 2 is 0.581 bits per heavy atom. The predicted molar refractivity (Wildman–Crippen MR) is 269 cm³/mol. The van der Waals surface area contributed by atoms with Gasteiger partial charge in [-0.05, 0) is 136 Å². The maximum Gasteiger partial charge on any atom is 1.00 e. The summed E-state index contributed by atoms with van der Waals surface area (Å²) in [5.74, 6) is 5.13. The first-order chi connectivity index (χ1) is 29.7. The van der Waals surface area contributed by atoms with Gasteiger partial charge in [-0.15, -0.1) is 11.1 Å². The Hall–Kier alpha value is -2.18. The fourth-order valence-electron chi connectivity index (χ4n) is 12.0. The molecule has 0 radical (unpaired) electrons. The first-order valence-electron chi connectivity index (χ1n) is 24.1. The van der Waals surface area contributed by atoms with Crippen LogP contribution in [0, 0.1) is 24.7 Å². The minimum atomic E-state index is -0.0909. The summed E-state index contributed by atoms with van der Waals surface area (Å²) in [6, 6.07) is 36.8. The van der Waals surface area contributed by atoms with E-state index in [-0.39, 0.29) is 60.6 Å². The van der Waals surface area contributed by atoms with Gasteiger partial charge in [-0.1, -0.05) is 144 Å². The monoisotopic (exact) mass is 1220 g/mol. The minimum Gasteiger partial charge on any atom is -0.366 e. The van der Waals surface area contributed by atoms with Gasteiger partial charge in [0.15, 0.2) is 0 Å². The first-order valence-corrected chi connectivity index (χ1v) is 27.8. The molecule has 0 N–H and O–H groups in total. The Morgan fingerprint density at radius 1 is 0.355 bits per heavy atom. The molecule has 4 aliphatic carbocycles. The molecule has 62 heavy (non-hydrogen) atoms. The smallest absolute Gasteiger partial charge is 0.366 e. The quantitative estimate of drug-likeness (QED) is 0.0491. The summed E-state index contributed by atoms with van der Waals surface area (Å²) < 4.78 is 0. The molecule has 0 aliphatic heterocycles. The maximum atomic E-state index is 7.46. The van der Waals surface area contributed by atoms with Gasteiger partial charge in [0.05, 0.1) is 35.0 Å². The van der Waals surface area contributed by atoms with E-state index >= 15 is 0 Å². The van der Waals surface area contributed by atoms with E-state index in [1.807, 2.05) is 72.8 Å². The van der Waals surface area contributed by atoms with Crippen LogP contribution >= 0.6 is 15.8 Å². The summed E-state index contributed by atoms with van der Waals surface area (Å²) in [5.41, 5.74) is 6.67. The molecule has 0 bridgehead atoms. The molecule has 6 aromatic carbocycles. The van der Waals surface area contributed by atoms with Crippen LogP contribution in [0.2, 0.25) is 0 Å². The number of rotatable bonds is 7. The molecule has 10 rings (SSSR count). The average molecular weight is 1220 g/mol. The molecule has 4 aliphatic rings. The van der Waals surface area contributed by atoms with Crippen LogP contribution in [-0.4, -0.2) is 35.0 Å². The van der Waals surface area contributed by atoms with Crippen molar-refractivity contribution in [3.05, 3.63) is 133 Å². The fourth-order valence-corrected chi connectivity index (χ4v) is 21.8. The van der Waals surface area contributed by atoms with Gasteiger partial charge in [0.1, 0.15) is 0 Å². The van der Waals surface area contributed by atoms with Gasteiger partial charge in [-0.25, -0.2) is 0 Å². The summed E-state index contributed by atoms with van der Waals surface area (Å²) in [6.45, 7) is 0. The van der Waals surface area contributed by atoms with E-state index in [2.05, 4.69) is 48.2 Å². The summed E-state index contributed by atoms with van der Waals surface area (Å²) in [5, 5.41) is 9.03. The Bertz CT molecular complexity index is 2070. The molecule has 0 spiro atoms. The van der Waals surface area contributed by atoms with E-state index < -0.39 is 0 Å². The summed E-state index contributed by atoms with van der Waals surface area (Å²) in [7, 11) is -0.182. The molecular weight excluding hydrogens is 1150 g/mol. The van der Waals surface area contributed by atoms with E-state index in [9.17, 15) is 0 Å². The Balaban J connectivity index is 0.000000162. The van der Waals surface area contributed by atoms with Gasteiger partial charge in [-0.2, -0.15) is 0 Å². The van der Waals surface area contributed by atoms with Crippen LogP contribution in [0.4, 0.5) is 0 Å². The third kappa shape index (κ3) is 12.4. The van der Waals surface area contributed by atoms with Gasteiger partial charge < -0.3 is 12.8 Å². The van der Waals surface area contributed by atoms with Gasteiger partial charge in [-0.3, -0.25) is 11.8 Å². The molecule has 0 aromatic heterocycles. The van der Waals surface area contributed by atoms with Gasteiger partial charge in [0.2, 0.25) is 0 Å². The number of benzene rings is 6. The van der Waals surface area contributed by atoms with Crippen molar-refractivity contribution < 1.29 is 44.8 Å². The van der Waals surface area contributed by atoms with Crippen molar-refractivity contribution in [3.8, 4) is 11.8 Å². The Kier molecular flexibility index (Phi) is 20.3. The van der Waals surface area contributed by atoms with Gasteiger partial charge >= 0.3 is 44.8 Å². The molecule has 0 saturated heterocycles. The van der Waals surface area contributed by atoms with Crippen molar-refractivity contribution in [2.45, 2.75) is 151 Å². The standard InChI is InChI=1S/C26H48P2.2C16H9.2Au/c1-5-13-23(14-6-1)27(24-15-7-2-8-16-24)21-22-28(25-17-9-3-10-18-25)26-19-11-4-12-20-26;2*1-2-14-15-9-5-3-7-12(15)11-13-8-4-6-10-16(13)14;;/h23-26H,1-22H2;2*3-11H;;/q;2*-1;2*+1/p+2. The van der Waals surface area contributed by atoms with Crippen molar-refractivity contribution in [2.75, 3.05) is 12.3 Å². The molecule has 4 heteroatoms. The number of fused-ring (bicyclic) bond motifs is 4. The number of hydrogen-bond donors (Lipinski definition) is 0. The SMILES string of the molecule is C1CCC([PH+](CC[PH+](C2CCCCC2)C2CCCCC2)C2CCCCC2)CC1.[Au+].[Au+].[C-]#Cc1c2ccccc2cc2ccccc12.[C-]#Cc1c2ccccc2cc2ccccc12. The largest absolute Gasteiger partial charge is 1.00 e. The molecule has 4 fully saturated rings. The summed E-state index contributed by atoms with van der Waals surface area (Å²) in [6.07, 6.45) is 50.4. The summed E-state index contributed by atoms with van der Waals surface area (Å²) >= 11 is 0.